The summed E-state index contributed by atoms with van der Waals surface area (Å²) in [7, 11) is 0. The lowest BCUT2D eigenvalue weighted by atomic mass is 10.0. The summed E-state index contributed by atoms with van der Waals surface area (Å²) in [6.45, 7) is 16.5. The highest BCUT2D eigenvalue weighted by atomic mass is 16.5. The normalized spacial score (nSPS) is 17.8. The van der Waals surface area contributed by atoms with Crippen molar-refractivity contribution in [1.82, 2.24) is 0 Å². The fraction of sp³-hybridized carbons (Fsp3) is 0.812. The average molecular weight is 487 g/mol. The van der Waals surface area contributed by atoms with Gasteiger partial charge >= 0.3 is 0 Å². The second-order valence-electron chi connectivity index (χ2n) is 11.1. The van der Waals surface area contributed by atoms with Gasteiger partial charge in [-0.3, -0.25) is 0 Å². The van der Waals surface area contributed by atoms with E-state index in [0.29, 0.717) is 18.2 Å². The number of hydrogen-bond donors (Lipinski definition) is 0. The van der Waals surface area contributed by atoms with Crippen LogP contribution in [0.1, 0.15) is 138 Å². The Morgan fingerprint density at radius 3 is 1.80 bits per heavy atom. The molecule has 3 heteroatoms. The summed E-state index contributed by atoms with van der Waals surface area (Å²) in [4.78, 5) is 5.38. The Morgan fingerprint density at radius 2 is 1.26 bits per heavy atom. The number of hydrogen-bond acceptors (Lipinski definition) is 3. The van der Waals surface area contributed by atoms with Gasteiger partial charge in [0.15, 0.2) is 0 Å². The lowest BCUT2D eigenvalue weighted by Gasteiger charge is -2.41. The molecule has 1 aromatic carbocycles. The Morgan fingerprint density at radius 1 is 0.743 bits per heavy atom. The van der Waals surface area contributed by atoms with Crippen LogP contribution < -0.4 is 14.5 Å². The monoisotopic (exact) mass is 486 g/mol. The predicted octanol–water partition coefficient (Wildman–Crippen LogP) is 9.97. The Balaban J connectivity index is 0.00000210. The van der Waals surface area contributed by atoms with Crippen LogP contribution >= 0.6 is 0 Å². The van der Waals surface area contributed by atoms with E-state index in [0.717, 1.165) is 18.3 Å². The van der Waals surface area contributed by atoms with Gasteiger partial charge in [0.05, 0.1) is 18.0 Å². The highest BCUT2D eigenvalue weighted by Gasteiger charge is 2.43. The Bertz CT molecular complexity index is 680. The number of ether oxygens (including phenoxy) is 1. The summed E-state index contributed by atoms with van der Waals surface area (Å²) < 4.78 is 6.24. The summed E-state index contributed by atoms with van der Waals surface area (Å²) in [5.41, 5.74) is 2.79. The standard InChI is InChI=1S/C30H52N2O.C2H6/c1-6-7-8-9-10-11-12-13-14-17-22-33-27-20-21-28-29(23-27)32(25(4)5)30(31(28)24(2)3)26-18-15-16-19-26;1-2/h20-21,23-26,30H,6-19,22H2,1-5H3;1-2H3. The molecule has 1 unspecified atom stereocenters. The molecule has 1 fully saturated rings. The van der Waals surface area contributed by atoms with Crippen LogP contribution in [0, 0.1) is 5.92 Å². The van der Waals surface area contributed by atoms with Gasteiger partial charge in [-0.15, -0.1) is 0 Å². The molecule has 0 bridgehead atoms. The highest BCUT2D eigenvalue weighted by Crippen LogP contribution is 2.48. The molecule has 3 rings (SSSR count). The van der Waals surface area contributed by atoms with Crippen molar-refractivity contribution in [2.24, 2.45) is 5.92 Å². The predicted molar refractivity (Wildman–Crippen MR) is 156 cm³/mol. The molecule has 202 valence electrons. The van der Waals surface area contributed by atoms with Gasteiger partial charge in [-0.25, -0.2) is 0 Å². The van der Waals surface area contributed by atoms with Gasteiger partial charge in [-0.05, 0) is 65.0 Å². The summed E-state index contributed by atoms with van der Waals surface area (Å²) in [6.07, 6.45) is 19.7. The fourth-order valence-corrected chi connectivity index (χ4v) is 6.09. The van der Waals surface area contributed by atoms with E-state index < -0.39 is 0 Å². The third-order valence-electron chi connectivity index (χ3n) is 7.77. The summed E-state index contributed by atoms with van der Waals surface area (Å²) in [5.74, 6) is 1.82. The number of anilines is 2. The number of rotatable bonds is 15. The van der Waals surface area contributed by atoms with E-state index >= 15 is 0 Å². The smallest absolute Gasteiger partial charge is 0.121 e. The van der Waals surface area contributed by atoms with Crippen LogP contribution in [0.5, 0.6) is 5.75 Å². The zero-order chi connectivity index (χ0) is 25.6. The molecule has 0 spiro atoms. The summed E-state index contributed by atoms with van der Waals surface area (Å²) >= 11 is 0. The Labute approximate surface area is 219 Å². The van der Waals surface area contributed by atoms with Crippen LogP contribution in [-0.2, 0) is 0 Å². The largest absolute Gasteiger partial charge is 0.494 e. The number of benzene rings is 1. The lowest BCUT2D eigenvalue weighted by molar-refractivity contribution is 0.304. The van der Waals surface area contributed by atoms with Crippen LogP contribution in [0.15, 0.2) is 18.2 Å². The average Bonchev–Trinajstić information content (AvgIpc) is 3.49. The molecule has 2 aliphatic rings. The summed E-state index contributed by atoms with van der Waals surface area (Å²) in [5, 5.41) is 0. The third-order valence-corrected chi connectivity index (χ3v) is 7.77. The summed E-state index contributed by atoms with van der Waals surface area (Å²) in [6, 6.07) is 7.87. The Kier molecular flexibility index (Phi) is 14.0. The van der Waals surface area contributed by atoms with Gasteiger partial charge in [0.2, 0.25) is 0 Å². The van der Waals surface area contributed by atoms with E-state index in [4.69, 9.17) is 4.74 Å². The molecule has 1 aliphatic heterocycles. The third kappa shape index (κ3) is 8.60. The van der Waals surface area contributed by atoms with Gasteiger partial charge in [0.1, 0.15) is 11.9 Å². The van der Waals surface area contributed by atoms with Crippen molar-refractivity contribution in [3.05, 3.63) is 18.2 Å². The quantitative estimate of drug-likeness (QED) is 0.229. The molecule has 3 nitrogen and oxygen atoms in total. The SMILES string of the molecule is CC.CCCCCCCCCCCCOc1ccc2c(c1)N(C(C)C)C(C1CCCC1)N2C(C)C. The van der Waals surface area contributed by atoms with Crippen LogP contribution in [0.3, 0.4) is 0 Å². The van der Waals surface area contributed by atoms with E-state index in [1.807, 2.05) is 13.8 Å². The maximum absolute atomic E-state index is 6.24. The minimum absolute atomic E-state index is 0.496. The van der Waals surface area contributed by atoms with Crippen LogP contribution in [0.4, 0.5) is 11.4 Å². The minimum Gasteiger partial charge on any atom is -0.494 e. The van der Waals surface area contributed by atoms with E-state index in [9.17, 15) is 0 Å². The number of unbranched alkanes of at least 4 members (excludes halogenated alkanes) is 9. The molecule has 0 amide bonds. The molecule has 1 aromatic rings. The molecule has 0 saturated heterocycles. The molecule has 1 atom stereocenters. The molecule has 1 heterocycles. The molecule has 0 radical (unpaired) electrons. The van der Waals surface area contributed by atoms with Crippen molar-refractivity contribution in [3.63, 3.8) is 0 Å². The first kappa shape index (κ1) is 29.8. The van der Waals surface area contributed by atoms with Crippen molar-refractivity contribution < 1.29 is 4.74 Å². The number of nitrogens with zero attached hydrogens (tertiary/aromatic N) is 2. The molecular formula is C32H58N2O. The first-order valence-electron chi connectivity index (χ1n) is 15.4. The van der Waals surface area contributed by atoms with Crippen LogP contribution in [0.2, 0.25) is 0 Å². The maximum atomic E-state index is 6.24. The van der Waals surface area contributed by atoms with Crippen molar-refractivity contribution >= 4 is 11.4 Å². The van der Waals surface area contributed by atoms with Crippen LogP contribution in [-0.4, -0.2) is 24.9 Å². The molecular weight excluding hydrogens is 428 g/mol. The Hall–Kier alpha value is -1.38. The second-order valence-corrected chi connectivity index (χ2v) is 11.1. The van der Waals surface area contributed by atoms with Gasteiger partial charge in [0, 0.05) is 18.2 Å². The molecule has 35 heavy (non-hydrogen) atoms. The van der Waals surface area contributed by atoms with E-state index in [-0.39, 0.29) is 0 Å². The van der Waals surface area contributed by atoms with Gasteiger partial charge < -0.3 is 14.5 Å². The van der Waals surface area contributed by atoms with Crippen molar-refractivity contribution in [1.29, 1.82) is 0 Å². The molecule has 1 saturated carbocycles. The lowest BCUT2D eigenvalue weighted by Crippen LogP contribution is -2.52. The van der Waals surface area contributed by atoms with Gasteiger partial charge in [0.25, 0.3) is 0 Å². The fourth-order valence-electron chi connectivity index (χ4n) is 6.09. The molecule has 1 aliphatic carbocycles. The molecule has 0 N–H and O–H groups in total. The van der Waals surface area contributed by atoms with Crippen molar-refractivity contribution in [2.75, 3.05) is 16.4 Å². The van der Waals surface area contributed by atoms with E-state index in [2.05, 4.69) is 62.6 Å². The molecule has 0 aromatic heterocycles. The van der Waals surface area contributed by atoms with Crippen molar-refractivity contribution in [3.8, 4) is 5.75 Å². The highest BCUT2D eigenvalue weighted by molar-refractivity contribution is 5.80. The van der Waals surface area contributed by atoms with Crippen molar-refractivity contribution in [2.45, 2.75) is 157 Å². The zero-order valence-corrected chi connectivity index (χ0v) is 24.5. The topological polar surface area (TPSA) is 15.7 Å². The number of fused-ring (bicyclic) bond motifs is 1. The first-order chi connectivity index (χ1) is 17.0. The van der Waals surface area contributed by atoms with Gasteiger partial charge in [-0.1, -0.05) is 91.4 Å². The minimum atomic E-state index is 0.496. The first-order valence-corrected chi connectivity index (χ1v) is 15.4. The second kappa shape index (κ2) is 16.4. The van der Waals surface area contributed by atoms with Crippen LogP contribution in [0.25, 0.3) is 0 Å². The zero-order valence-electron chi connectivity index (χ0n) is 24.5. The van der Waals surface area contributed by atoms with E-state index in [1.165, 1.54) is 101 Å². The maximum Gasteiger partial charge on any atom is 0.121 e. The van der Waals surface area contributed by atoms with E-state index in [1.54, 1.807) is 0 Å². The van der Waals surface area contributed by atoms with Gasteiger partial charge in [-0.2, -0.15) is 0 Å².